The molecule has 2 aromatic heterocycles. The Hall–Kier alpha value is -3.91. The Kier molecular flexibility index (Phi) is 7.08. The highest BCUT2D eigenvalue weighted by atomic mass is 35.5. The normalized spacial score (nSPS) is 10.7. The fraction of sp³-hybridized carbons (Fsp3) is 0.160. The van der Waals surface area contributed by atoms with E-state index in [1.807, 2.05) is 0 Å². The molecule has 0 spiro atoms. The zero-order valence-corrected chi connectivity index (χ0v) is 19.2. The number of hydrogen-bond acceptors (Lipinski definition) is 6. The molecular weight excluding hydrogens is 461 g/mol. The van der Waals surface area contributed by atoms with Crippen LogP contribution >= 0.6 is 11.6 Å². The number of pyridine rings is 2. The number of nitrogens with one attached hydrogen (secondary N) is 1. The van der Waals surface area contributed by atoms with Crippen molar-refractivity contribution in [1.29, 1.82) is 0 Å². The summed E-state index contributed by atoms with van der Waals surface area (Å²) >= 11 is 6.38. The number of fused-ring (bicyclic) bond motifs is 1. The van der Waals surface area contributed by atoms with Gasteiger partial charge < -0.3 is 19.5 Å². The Labute approximate surface area is 200 Å². The van der Waals surface area contributed by atoms with Crippen LogP contribution in [0.1, 0.15) is 11.1 Å². The average Bonchev–Trinajstić information content (AvgIpc) is 2.85. The number of benzene rings is 2. The van der Waals surface area contributed by atoms with Gasteiger partial charge in [0.15, 0.2) is 11.5 Å². The van der Waals surface area contributed by atoms with Crippen molar-refractivity contribution >= 4 is 34.1 Å². The molecule has 174 valence electrons. The Morgan fingerprint density at radius 3 is 2.50 bits per heavy atom. The highest BCUT2D eigenvalue weighted by molar-refractivity contribution is 6.32. The van der Waals surface area contributed by atoms with E-state index in [0.29, 0.717) is 45.0 Å². The van der Waals surface area contributed by atoms with Gasteiger partial charge in [0.05, 0.1) is 38.0 Å². The van der Waals surface area contributed by atoms with Crippen LogP contribution in [0.15, 0.2) is 60.9 Å². The van der Waals surface area contributed by atoms with E-state index in [1.165, 1.54) is 6.20 Å². The van der Waals surface area contributed by atoms with Gasteiger partial charge in [0.2, 0.25) is 11.8 Å². The maximum Gasteiger partial charge on any atom is 0.238 e. The van der Waals surface area contributed by atoms with E-state index in [0.717, 1.165) is 0 Å². The lowest BCUT2D eigenvalue weighted by Crippen LogP contribution is -2.14. The summed E-state index contributed by atoms with van der Waals surface area (Å²) in [4.78, 5) is 21.0. The molecule has 4 rings (SSSR count). The third-order valence-corrected chi connectivity index (χ3v) is 5.29. The molecule has 7 nitrogen and oxygen atoms in total. The maximum atomic E-state index is 12.8. The minimum absolute atomic E-state index is 0.0952. The van der Waals surface area contributed by atoms with Crippen molar-refractivity contribution in [2.24, 2.45) is 0 Å². The number of aromatic nitrogens is 2. The van der Waals surface area contributed by atoms with E-state index in [-0.39, 0.29) is 23.2 Å². The SMILES string of the molecule is COc1cc2nccc(Oc3ncc(NC(=O)Cc4cccc(CF)c4)cc3Cl)c2cc1OC. The van der Waals surface area contributed by atoms with Gasteiger partial charge >= 0.3 is 0 Å². The Balaban J connectivity index is 1.51. The number of ether oxygens (including phenoxy) is 3. The molecule has 0 saturated heterocycles. The fourth-order valence-corrected chi connectivity index (χ4v) is 3.63. The largest absolute Gasteiger partial charge is 0.493 e. The summed E-state index contributed by atoms with van der Waals surface area (Å²) in [5.74, 6) is 1.44. The quantitative estimate of drug-likeness (QED) is 0.345. The van der Waals surface area contributed by atoms with Gasteiger partial charge in [0.25, 0.3) is 0 Å². The molecule has 0 saturated carbocycles. The molecule has 0 atom stereocenters. The molecule has 0 aliphatic rings. The van der Waals surface area contributed by atoms with Gasteiger partial charge in [-0.05, 0) is 29.3 Å². The Morgan fingerprint density at radius 2 is 1.76 bits per heavy atom. The molecule has 0 radical (unpaired) electrons. The molecule has 0 unspecified atom stereocenters. The summed E-state index contributed by atoms with van der Waals surface area (Å²) < 4.78 is 29.5. The highest BCUT2D eigenvalue weighted by Gasteiger charge is 2.14. The third-order valence-electron chi connectivity index (χ3n) is 5.02. The average molecular weight is 482 g/mol. The summed E-state index contributed by atoms with van der Waals surface area (Å²) in [7, 11) is 3.10. The van der Waals surface area contributed by atoms with Crippen LogP contribution in [0.2, 0.25) is 5.02 Å². The molecule has 2 heterocycles. The van der Waals surface area contributed by atoms with Crippen LogP contribution < -0.4 is 19.5 Å². The minimum atomic E-state index is -0.580. The smallest absolute Gasteiger partial charge is 0.238 e. The number of alkyl halides is 1. The second-order valence-electron chi connectivity index (χ2n) is 7.32. The van der Waals surface area contributed by atoms with Crippen molar-refractivity contribution in [3.63, 3.8) is 0 Å². The Bertz CT molecular complexity index is 1350. The molecule has 1 N–H and O–H groups in total. The molecule has 2 aromatic carbocycles. The summed E-state index contributed by atoms with van der Waals surface area (Å²) in [6.45, 7) is -0.580. The maximum absolute atomic E-state index is 12.8. The molecule has 9 heteroatoms. The third kappa shape index (κ3) is 5.18. The number of anilines is 1. The summed E-state index contributed by atoms with van der Waals surface area (Å²) in [5, 5.41) is 3.64. The molecule has 0 aliphatic carbocycles. The molecule has 34 heavy (non-hydrogen) atoms. The van der Waals surface area contributed by atoms with Crippen LogP contribution in [0.4, 0.5) is 10.1 Å². The zero-order chi connectivity index (χ0) is 24.1. The van der Waals surface area contributed by atoms with Gasteiger partial charge in [-0.1, -0.05) is 35.9 Å². The number of halogens is 2. The lowest BCUT2D eigenvalue weighted by molar-refractivity contribution is -0.115. The number of amides is 1. The van der Waals surface area contributed by atoms with Crippen LogP contribution in [0.25, 0.3) is 10.9 Å². The molecule has 4 aromatic rings. The number of carbonyl (C=O) groups is 1. The molecular formula is C25H21ClFN3O4. The van der Waals surface area contributed by atoms with Crippen molar-refractivity contribution in [3.8, 4) is 23.1 Å². The number of hydrogen-bond donors (Lipinski definition) is 1. The Morgan fingerprint density at radius 1 is 1.00 bits per heavy atom. The zero-order valence-electron chi connectivity index (χ0n) is 18.5. The van der Waals surface area contributed by atoms with Gasteiger partial charge in [0, 0.05) is 17.6 Å². The predicted molar refractivity (Wildman–Crippen MR) is 128 cm³/mol. The summed E-state index contributed by atoms with van der Waals surface area (Å²) in [6.07, 6.45) is 3.14. The summed E-state index contributed by atoms with van der Waals surface area (Å²) in [6, 6.07) is 13.6. The first-order valence-electron chi connectivity index (χ1n) is 10.3. The molecule has 0 aliphatic heterocycles. The first-order valence-corrected chi connectivity index (χ1v) is 10.7. The highest BCUT2D eigenvalue weighted by Crippen LogP contribution is 2.38. The van der Waals surface area contributed by atoms with E-state index < -0.39 is 6.67 Å². The minimum Gasteiger partial charge on any atom is -0.493 e. The van der Waals surface area contributed by atoms with Gasteiger partial charge in [-0.25, -0.2) is 9.37 Å². The predicted octanol–water partition coefficient (Wildman–Crippen LogP) is 5.74. The number of rotatable bonds is 8. The van der Waals surface area contributed by atoms with Gasteiger partial charge in [-0.15, -0.1) is 0 Å². The van der Waals surface area contributed by atoms with Crippen molar-refractivity contribution in [2.75, 3.05) is 19.5 Å². The van der Waals surface area contributed by atoms with Crippen LogP contribution in [-0.2, 0) is 17.9 Å². The van der Waals surface area contributed by atoms with Crippen molar-refractivity contribution < 1.29 is 23.4 Å². The van der Waals surface area contributed by atoms with Crippen molar-refractivity contribution in [1.82, 2.24) is 9.97 Å². The molecule has 0 bridgehead atoms. The van der Waals surface area contributed by atoms with E-state index in [2.05, 4.69) is 15.3 Å². The van der Waals surface area contributed by atoms with Gasteiger partial charge in [-0.3, -0.25) is 9.78 Å². The van der Waals surface area contributed by atoms with Crippen LogP contribution in [0.3, 0.4) is 0 Å². The number of methoxy groups -OCH3 is 2. The van der Waals surface area contributed by atoms with E-state index in [9.17, 15) is 9.18 Å². The van der Waals surface area contributed by atoms with E-state index >= 15 is 0 Å². The van der Waals surface area contributed by atoms with E-state index in [4.69, 9.17) is 25.8 Å². The van der Waals surface area contributed by atoms with Crippen molar-refractivity contribution in [3.05, 3.63) is 77.1 Å². The first kappa shape index (κ1) is 23.3. The summed E-state index contributed by atoms with van der Waals surface area (Å²) in [5.41, 5.74) is 2.29. The van der Waals surface area contributed by atoms with Crippen molar-refractivity contribution in [2.45, 2.75) is 13.1 Å². The lowest BCUT2D eigenvalue weighted by atomic mass is 10.1. The number of nitrogens with zero attached hydrogens (tertiary/aromatic N) is 2. The van der Waals surface area contributed by atoms with Crippen LogP contribution in [0.5, 0.6) is 23.1 Å². The molecule has 0 fully saturated rings. The van der Waals surface area contributed by atoms with Crippen LogP contribution in [0, 0.1) is 0 Å². The first-order chi connectivity index (χ1) is 16.5. The monoisotopic (exact) mass is 481 g/mol. The number of carbonyl (C=O) groups excluding carboxylic acids is 1. The second-order valence-corrected chi connectivity index (χ2v) is 7.73. The van der Waals surface area contributed by atoms with Gasteiger partial charge in [0.1, 0.15) is 17.4 Å². The molecule has 1 amide bonds. The lowest BCUT2D eigenvalue weighted by Gasteiger charge is -2.13. The van der Waals surface area contributed by atoms with Crippen LogP contribution in [-0.4, -0.2) is 30.1 Å². The topological polar surface area (TPSA) is 82.6 Å². The fourth-order valence-electron chi connectivity index (χ4n) is 3.42. The second kappa shape index (κ2) is 10.4. The van der Waals surface area contributed by atoms with Gasteiger partial charge in [-0.2, -0.15) is 0 Å². The standard InChI is InChI=1S/C25H21ClFN3O4/c1-32-22-11-18-20(12-23(22)33-2)28-7-6-21(18)34-25-19(26)10-17(14-29-25)30-24(31)9-15-4-3-5-16(8-15)13-27/h3-8,10-12,14H,9,13H2,1-2H3,(H,30,31). The van der Waals surface area contributed by atoms with E-state index in [1.54, 1.807) is 68.9 Å².